The summed E-state index contributed by atoms with van der Waals surface area (Å²) in [6, 6.07) is 3.68. The zero-order valence-corrected chi connectivity index (χ0v) is 12.9. The van der Waals surface area contributed by atoms with Crippen molar-refractivity contribution in [2.75, 3.05) is 32.7 Å². The molecule has 0 aromatic carbocycles. The SMILES string of the molecule is O=C(c1cccnc1)N1CCN(C[C@H]2C[C@H]3C=C[C@H]2C3)CC1. The second kappa shape index (κ2) is 5.84. The van der Waals surface area contributed by atoms with Gasteiger partial charge in [0.1, 0.15) is 0 Å². The topological polar surface area (TPSA) is 36.4 Å². The number of carbonyl (C=O) groups is 1. The quantitative estimate of drug-likeness (QED) is 0.801. The van der Waals surface area contributed by atoms with Crippen LogP contribution >= 0.6 is 0 Å². The van der Waals surface area contributed by atoms with E-state index in [-0.39, 0.29) is 5.91 Å². The zero-order chi connectivity index (χ0) is 14.9. The molecule has 0 radical (unpaired) electrons. The van der Waals surface area contributed by atoms with E-state index in [9.17, 15) is 4.79 Å². The molecule has 0 spiro atoms. The average molecular weight is 297 g/mol. The Labute approximate surface area is 131 Å². The summed E-state index contributed by atoms with van der Waals surface area (Å²) in [6.07, 6.45) is 11.0. The number of hydrogen-bond donors (Lipinski definition) is 0. The van der Waals surface area contributed by atoms with E-state index >= 15 is 0 Å². The number of amides is 1. The molecule has 1 aliphatic heterocycles. The maximum absolute atomic E-state index is 12.4. The van der Waals surface area contributed by atoms with Gasteiger partial charge in [-0.1, -0.05) is 12.2 Å². The van der Waals surface area contributed by atoms with Crippen LogP contribution in [0.4, 0.5) is 0 Å². The van der Waals surface area contributed by atoms with Gasteiger partial charge in [0.2, 0.25) is 0 Å². The van der Waals surface area contributed by atoms with Gasteiger partial charge in [0.05, 0.1) is 5.56 Å². The first-order chi connectivity index (χ1) is 10.8. The van der Waals surface area contributed by atoms with Crippen LogP contribution in [-0.4, -0.2) is 53.4 Å². The Balaban J connectivity index is 1.29. The molecule has 2 fully saturated rings. The van der Waals surface area contributed by atoms with Gasteiger partial charge in [-0.3, -0.25) is 14.7 Å². The van der Waals surface area contributed by atoms with Crippen molar-refractivity contribution in [1.82, 2.24) is 14.8 Å². The van der Waals surface area contributed by atoms with Gasteiger partial charge in [-0.05, 0) is 42.7 Å². The third kappa shape index (κ3) is 2.68. The minimum Gasteiger partial charge on any atom is -0.336 e. The molecule has 22 heavy (non-hydrogen) atoms. The van der Waals surface area contributed by atoms with Gasteiger partial charge in [0, 0.05) is 45.1 Å². The molecule has 116 valence electrons. The third-order valence-corrected chi connectivity index (χ3v) is 5.48. The molecule has 4 nitrogen and oxygen atoms in total. The highest BCUT2D eigenvalue weighted by Crippen LogP contribution is 2.43. The molecule has 1 amide bonds. The highest BCUT2D eigenvalue weighted by atomic mass is 16.2. The van der Waals surface area contributed by atoms with Crippen molar-refractivity contribution in [3.63, 3.8) is 0 Å². The minimum atomic E-state index is 0.121. The van der Waals surface area contributed by atoms with Crippen LogP contribution in [0.5, 0.6) is 0 Å². The Bertz CT molecular complexity index is 563. The van der Waals surface area contributed by atoms with Crippen molar-refractivity contribution < 1.29 is 4.79 Å². The largest absolute Gasteiger partial charge is 0.336 e. The van der Waals surface area contributed by atoms with Gasteiger partial charge < -0.3 is 4.90 Å². The first-order valence-electron chi connectivity index (χ1n) is 8.39. The van der Waals surface area contributed by atoms with E-state index in [4.69, 9.17) is 0 Å². The van der Waals surface area contributed by atoms with Crippen LogP contribution in [-0.2, 0) is 0 Å². The molecule has 4 rings (SSSR count). The number of piperazine rings is 1. The second-order valence-corrected chi connectivity index (χ2v) is 6.87. The summed E-state index contributed by atoms with van der Waals surface area (Å²) in [4.78, 5) is 21.0. The molecule has 1 aromatic rings. The van der Waals surface area contributed by atoms with Crippen molar-refractivity contribution in [1.29, 1.82) is 0 Å². The summed E-state index contributed by atoms with van der Waals surface area (Å²) in [7, 11) is 0. The molecule has 2 heterocycles. The van der Waals surface area contributed by atoms with Crippen molar-refractivity contribution in [2.24, 2.45) is 17.8 Å². The van der Waals surface area contributed by atoms with E-state index in [1.807, 2.05) is 17.0 Å². The average Bonchev–Trinajstić information content (AvgIpc) is 3.19. The number of carbonyl (C=O) groups excluding carboxylic acids is 1. The minimum absolute atomic E-state index is 0.121. The lowest BCUT2D eigenvalue weighted by molar-refractivity contribution is 0.0610. The summed E-state index contributed by atoms with van der Waals surface area (Å²) in [5.41, 5.74) is 0.703. The lowest BCUT2D eigenvalue weighted by atomic mass is 9.93. The van der Waals surface area contributed by atoms with E-state index in [0.29, 0.717) is 5.56 Å². The van der Waals surface area contributed by atoms with E-state index in [0.717, 1.165) is 43.9 Å². The standard InChI is InChI=1S/C18H23N3O/c22-18(16-2-1-5-19-12-16)21-8-6-20(7-9-21)13-17-11-14-3-4-15(17)10-14/h1-5,12,14-15,17H,6-11,13H2/t14-,15-,17+/m0/s1. The Hall–Kier alpha value is -1.68. The maximum Gasteiger partial charge on any atom is 0.255 e. The number of nitrogens with zero attached hydrogens (tertiary/aromatic N) is 3. The molecule has 1 aromatic heterocycles. The molecule has 4 heteroatoms. The summed E-state index contributed by atoms with van der Waals surface area (Å²) in [5.74, 6) is 2.63. The Morgan fingerprint density at radius 2 is 2.05 bits per heavy atom. The van der Waals surface area contributed by atoms with Crippen LogP contribution in [0.1, 0.15) is 23.2 Å². The summed E-state index contributed by atoms with van der Waals surface area (Å²) < 4.78 is 0. The van der Waals surface area contributed by atoms with Crippen LogP contribution in [0.3, 0.4) is 0 Å². The zero-order valence-electron chi connectivity index (χ0n) is 12.9. The van der Waals surface area contributed by atoms with Crippen LogP contribution in [0.2, 0.25) is 0 Å². The number of aromatic nitrogens is 1. The maximum atomic E-state index is 12.4. The van der Waals surface area contributed by atoms with Crippen LogP contribution in [0, 0.1) is 17.8 Å². The van der Waals surface area contributed by atoms with Gasteiger partial charge in [-0.2, -0.15) is 0 Å². The molecular formula is C18H23N3O. The van der Waals surface area contributed by atoms with Crippen molar-refractivity contribution in [3.8, 4) is 0 Å². The van der Waals surface area contributed by atoms with Gasteiger partial charge in [-0.25, -0.2) is 0 Å². The first kappa shape index (κ1) is 13.9. The molecule has 1 saturated carbocycles. The van der Waals surface area contributed by atoms with Gasteiger partial charge in [0.25, 0.3) is 5.91 Å². The van der Waals surface area contributed by atoms with Gasteiger partial charge in [-0.15, -0.1) is 0 Å². The predicted molar refractivity (Wildman–Crippen MR) is 85.4 cm³/mol. The molecule has 2 aliphatic carbocycles. The Morgan fingerprint density at radius 1 is 1.18 bits per heavy atom. The van der Waals surface area contributed by atoms with E-state index in [1.165, 1.54) is 19.4 Å². The van der Waals surface area contributed by atoms with E-state index in [2.05, 4.69) is 22.0 Å². The van der Waals surface area contributed by atoms with Crippen molar-refractivity contribution in [2.45, 2.75) is 12.8 Å². The van der Waals surface area contributed by atoms with Gasteiger partial charge in [0.15, 0.2) is 0 Å². The highest BCUT2D eigenvalue weighted by molar-refractivity contribution is 5.93. The van der Waals surface area contributed by atoms with Crippen molar-refractivity contribution >= 4 is 5.91 Å². The number of allylic oxidation sites excluding steroid dienone is 2. The fraction of sp³-hybridized carbons (Fsp3) is 0.556. The fourth-order valence-electron chi connectivity index (χ4n) is 4.24. The molecule has 0 N–H and O–H groups in total. The lowest BCUT2D eigenvalue weighted by Crippen LogP contribution is -2.50. The number of rotatable bonds is 3. The Kier molecular flexibility index (Phi) is 3.70. The summed E-state index contributed by atoms with van der Waals surface area (Å²) in [5, 5.41) is 0. The molecular weight excluding hydrogens is 274 g/mol. The number of pyridine rings is 1. The Morgan fingerprint density at radius 3 is 2.68 bits per heavy atom. The number of fused-ring (bicyclic) bond motifs is 2. The van der Waals surface area contributed by atoms with Crippen LogP contribution in [0.15, 0.2) is 36.7 Å². The molecule has 1 saturated heterocycles. The smallest absolute Gasteiger partial charge is 0.255 e. The highest BCUT2D eigenvalue weighted by Gasteiger charge is 2.36. The molecule has 0 unspecified atom stereocenters. The monoisotopic (exact) mass is 297 g/mol. The van der Waals surface area contributed by atoms with E-state index < -0.39 is 0 Å². The number of hydrogen-bond acceptors (Lipinski definition) is 3. The van der Waals surface area contributed by atoms with E-state index in [1.54, 1.807) is 12.4 Å². The van der Waals surface area contributed by atoms with Crippen LogP contribution < -0.4 is 0 Å². The predicted octanol–water partition coefficient (Wildman–Crippen LogP) is 2.05. The summed E-state index contributed by atoms with van der Waals surface area (Å²) in [6.45, 7) is 4.89. The fourth-order valence-corrected chi connectivity index (χ4v) is 4.24. The van der Waals surface area contributed by atoms with Gasteiger partial charge >= 0.3 is 0 Å². The third-order valence-electron chi connectivity index (χ3n) is 5.48. The summed E-state index contributed by atoms with van der Waals surface area (Å²) >= 11 is 0. The molecule has 3 atom stereocenters. The second-order valence-electron chi connectivity index (χ2n) is 6.87. The lowest BCUT2D eigenvalue weighted by Gasteiger charge is -2.36. The molecule has 2 bridgehead atoms. The molecule has 3 aliphatic rings. The van der Waals surface area contributed by atoms with Crippen molar-refractivity contribution in [3.05, 3.63) is 42.2 Å². The normalized spacial score (nSPS) is 30.9. The van der Waals surface area contributed by atoms with Crippen LogP contribution in [0.25, 0.3) is 0 Å². The first-order valence-corrected chi connectivity index (χ1v) is 8.39.